The molecule has 7 nitrogen and oxygen atoms in total. The average Bonchev–Trinajstić information content (AvgIpc) is 3.06. The van der Waals surface area contributed by atoms with Crippen molar-refractivity contribution in [1.29, 1.82) is 0 Å². The zero-order chi connectivity index (χ0) is 36.0. The lowest BCUT2D eigenvalue weighted by atomic mass is 9.68. The van der Waals surface area contributed by atoms with E-state index in [-0.39, 0.29) is 54.7 Å². The van der Waals surface area contributed by atoms with Gasteiger partial charge in [0.1, 0.15) is 6.61 Å². The molecule has 272 valence electrons. The Morgan fingerprint density at radius 1 is 0.960 bits per heavy atom. The summed E-state index contributed by atoms with van der Waals surface area (Å²) < 4.78 is 91.9. The summed E-state index contributed by atoms with van der Waals surface area (Å²) in [7, 11) is 0. The summed E-state index contributed by atoms with van der Waals surface area (Å²) in [5.74, 6) is -2.66. The van der Waals surface area contributed by atoms with Crippen LogP contribution < -0.4 is 9.64 Å². The van der Waals surface area contributed by atoms with Crippen molar-refractivity contribution >= 4 is 5.95 Å². The molecule has 0 amide bonds. The number of nitrogens with zero attached hydrogens (tertiary/aromatic N) is 4. The van der Waals surface area contributed by atoms with E-state index < -0.39 is 42.0 Å². The maximum atomic E-state index is 17.2. The lowest BCUT2D eigenvalue weighted by Crippen LogP contribution is -2.36. The van der Waals surface area contributed by atoms with Gasteiger partial charge in [0.25, 0.3) is 0 Å². The number of aliphatic hydroxyl groups is 2. The normalized spacial score (nSPS) is 22.5. The SMILES string of the molecule is CC(O)COc1cnc(N2CCC(c3nc4c(c(C5CCC(F)(F)CC5)c3C(F)c3ccc(C(F)(F)F)cc3)C(O)CC(C)(C)C4)CC2)nc1. The molecular weight excluding hydrogens is 662 g/mol. The van der Waals surface area contributed by atoms with E-state index in [2.05, 4.69) is 9.97 Å². The monoisotopic (exact) mass is 706 g/mol. The Bertz CT molecular complexity index is 1630. The van der Waals surface area contributed by atoms with Gasteiger partial charge in [0, 0.05) is 48.7 Å². The number of rotatable bonds is 8. The molecule has 3 heterocycles. The predicted molar refractivity (Wildman–Crippen MR) is 175 cm³/mol. The molecule has 2 aromatic heterocycles. The number of piperidine rings is 1. The molecule has 50 heavy (non-hydrogen) atoms. The maximum Gasteiger partial charge on any atom is 0.416 e. The van der Waals surface area contributed by atoms with Crippen molar-refractivity contribution in [3.63, 3.8) is 0 Å². The van der Waals surface area contributed by atoms with Crippen LogP contribution in [-0.2, 0) is 12.6 Å². The van der Waals surface area contributed by atoms with Crippen LogP contribution in [0.4, 0.5) is 32.3 Å². The smallest absolute Gasteiger partial charge is 0.416 e. The minimum absolute atomic E-state index is 0.0118. The van der Waals surface area contributed by atoms with E-state index in [1.807, 2.05) is 18.7 Å². The third-order valence-electron chi connectivity index (χ3n) is 10.3. The van der Waals surface area contributed by atoms with Crippen LogP contribution in [0.15, 0.2) is 36.7 Å². The quantitative estimate of drug-likeness (QED) is 0.228. The molecule has 3 unspecified atom stereocenters. The van der Waals surface area contributed by atoms with Crippen molar-refractivity contribution < 1.29 is 41.3 Å². The van der Waals surface area contributed by atoms with Gasteiger partial charge >= 0.3 is 6.18 Å². The van der Waals surface area contributed by atoms with Crippen molar-refractivity contribution in [2.75, 3.05) is 24.6 Å². The Morgan fingerprint density at radius 3 is 2.16 bits per heavy atom. The number of aromatic nitrogens is 3. The highest BCUT2D eigenvalue weighted by Crippen LogP contribution is 2.52. The molecule has 0 bridgehead atoms. The zero-order valence-electron chi connectivity index (χ0n) is 28.5. The van der Waals surface area contributed by atoms with Gasteiger partial charge in [0.05, 0.1) is 35.9 Å². The van der Waals surface area contributed by atoms with E-state index in [0.717, 1.165) is 24.3 Å². The molecule has 6 rings (SSSR count). The third kappa shape index (κ3) is 7.88. The Balaban J connectivity index is 1.40. The lowest BCUT2D eigenvalue weighted by Gasteiger charge is -2.41. The number of halogens is 6. The van der Waals surface area contributed by atoms with E-state index in [0.29, 0.717) is 73.0 Å². The fourth-order valence-electron chi connectivity index (χ4n) is 7.83. The molecule has 0 spiro atoms. The van der Waals surface area contributed by atoms with Gasteiger partial charge in [-0.05, 0) is 80.0 Å². The van der Waals surface area contributed by atoms with Gasteiger partial charge in [-0.2, -0.15) is 13.2 Å². The van der Waals surface area contributed by atoms with E-state index in [1.54, 1.807) is 6.92 Å². The number of hydrogen-bond donors (Lipinski definition) is 2. The lowest BCUT2D eigenvalue weighted by molar-refractivity contribution is -0.137. The Morgan fingerprint density at radius 2 is 1.58 bits per heavy atom. The Labute approximate surface area is 288 Å². The number of alkyl halides is 6. The number of hydrogen-bond acceptors (Lipinski definition) is 7. The molecule has 1 saturated carbocycles. The second kappa shape index (κ2) is 13.9. The van der Waals surface area contributed by atoms with Crippen molar-refractivity contribution in [3.05, 3.63) is 75.9 Å². The highest BCUT2D eigenvalue weighted by atomic mass is 19.4. The van der Waals surface area contributed by atoms with Crippen molar-refractivity contribution in [2.24, 2.45) is 5.41 Å². The summed E-state index contributed by atoms with van der Waals surface area (Å²) in [5, 5.41) is 21.1. The molecule has 0 radical (unpaired) electrons. The first-order chi connectivity index (χ1) is 23.5. The maximum absolute atomic E-state index is 17.2. The molecule has 2 aliphatic carbocycles. The minimum Gasteiger partial charge on any atom is -0.488 e. The third-order valence-corrected chi connectivity index (χ3v) is 10.3. The van der Waals surface area contributed by atoms with E-state index in [4.69, 9.17) is 9.72 Å². The topological polar surface area (TPSA) is 91.6 Å². The number of pyridine rings is 1. The van der Waals surface area contributed by atoms with E-state index in [9.17, 15) is 32.2 Å². The molecule has 1 aromatic carbocycles. The highest BCUT2D eigenvalue weighted by Gasteiger charge is 2.44. The predicted octanol–water partition coefficient (Wildman–Crippen LogP) is 8.39. The van der Waals surface area contributed by atoms with Gasteiger partial charge in [-0.25, -0.2) is 23.1 Å². The molecular formula is C37H44F6N4O3. The van der Waals surface area contributed by atoms with Crippen LogP contribution in [-0.4, -0.2) is 56.9 Å². The molecule has 2 fully saturated rings. The van der Waals surface area contributed by atoms with Gasteiger partial charge in [0.15, 0.2) is 11.9 Å². The molecule has 2 N–H and O–H groups in total. The fraction of sp³-hybridized carbons (Fsp3) is 0.595. The largest absolute Gasteiger partial charge is 0.488 e. The molecule has 3 atom stereocenters. The summed E-state index contributed by atoms with van der Waals surface area (Å²) in [6, 6.07) is 3.96. The number of fused-ring (bicyclic) bond motifs is 1. The average molecular weight is 707 g/mol. The number of anilines is 1. The molecule has 1 aliphatic heterocycles. The van der Waals surface area contributed by atoms with Crippen molar-refractivity contribution in [2.45, 2.75) is 114 Å². The summed E-state index contributed by atoms with van der Waals surface area (Å²) in [6.45, 7) is 6.77. The van der Waals surface area contributed by atoms with Gasteiger partial charge in [-0.1, -0.05) is 26.0 Å². The van der Waals surface area contributed by atoms with Crippen LogP contribution in [0.25, 0.3) is 0 Å². The van der Waals surface area contributed by atoms with Crippen LogP contribution in [0.3, 0.4) is 0 Å². The Hall–Kier alpha value is -3.45. The van der Waals surface area contributed by atoms with E-state index >= 15 is 4.39 Å². The van der Waals surface area contributed by atoms with Gasteiger partial charge in [-0.15, -0.1) is 0 Å². The molecule has 3 aliphatic rings. The molecule has 3 aromatic rings. The van der Waals surface area contributed by atoms with Crippen molar-refractivity contribution in [1.82, 2.24) is 15.0 Å². The van der Waals surface area contributed by atoms with Gasteiger partial charge in [-0.3, -0.25) is 4.98 Å². The number of benzene rings is 1. The number of ether oxygens (including phenoxy) is 1. The molecule has 1 saturated heterocycles. The first kappa shape index (κ1) is 36.3. The summed E-state index contributed by atoms with van der Waals surface area (Å²) >= 11 is 0. The van der Waals surface area contributed by atoms with Crippen LogP contribution in [0, 0.1) is 5.41 Å². The first-order valence-corrected chi connectivity index (χ1v) is 17.3. The van der Waals surface area contributed by atoms with E-state index in [1.165, 1.54) is 12.4 Å². The molecule has 13 heteroatoms. The standard InChI is InChI=1S/C37H44F6N4O3/c1-21(48)20-50-26-18-44-34(45-19-26)47-14-10-24(11-15-47)33-31(32(38)23-4-6-25(7-5-23)37(41,42)43)29(22-8-12-36(39,40)13-9-22)30-27(46-33)16-35(2,3)17-28(30)49/h4-7,18-19,21-22,24,28,32,48-49H,8-17,20H2,1-3H3. The second-order valence-corrected chi connectivity index (χ2v) is 15.0. The van der Waals surface area contributed by atoms with Gasteiger partial charge in [0.2, 0.25) is 11.9 Å². The van der Waals surface area contributed by atoms with Crippen LogP contribution in [0.5, 0.6) is 5.75 Å². The van der Waals surface area contributed by atoms with Crippen LogP contribution in [0.1, 0.15) is 129 Å². The summed E-state index contributed by atoms with van der Waals surface area (Å²) in [6.07, 6.45) is -3.64. The first-order valence-electron chi connectivity index (χ1n) is 17.3. The van der Waals surface area contributed by atoms with Crippen LogP contribution in [0.2, 0.25) is 0 Å². The van der Waals surface area contributed by atoms with Crippen LogP contribution >= 0.6 is 0 Å². The fourth-order valence-corrected chi connectivity index (χ4v) is 7.83. The van der Waals surface area contributed by atoms with Gasteiger partial charge < -0.3 is 19.8 Å². The second-order valence-electron chi connectivity index (χ2n) is 15.0. The van der Waals surface area contributed by atoms with Crippen molar-refractivity contribution in [3.8, 4) is 5.75 Å². The highest BCUT2D eigenvalue weighted by molar-refractivity contribution is 5.51. The summed E-state index contributed by atoms with van der Waals surface area (Å²) in [4.78, 5) is 15.9. The summed E-state index contributed by atoms with van der Waals surface area (Å²) in [5.41, 5.74) is 1.12. The zero-order valence-corrected chi connectivity index (χ0v) is 28.5. The number of aliphatic hydroxyl groups excluding tert-OH is 2. The minimum atomic E-state index is -4.60. The Kier molecular flexibility index (Phi) is 10.1.